The molecule has 3 saturated heterocycles. The number of nitrogens with one attached hydrogen (secondary N) is 4. The average molecular weight is 1150 g/mol. The van der Waals surface area contributed by atoms with Crippen LogP contribution < -0.4 is 20.0 Å². The number of halogens is 7. The van der Waals surface area contributed by atoms with Crippen LogP contribution in [0.3, 0.4) is 0 Å². The van der Waals surface area contributed by atoms with Crippen molar-refractivity contribution in [1.29, 1.82) is 0 Å². The maximum atomic E-state index is 14.6. The third-order valence-corrected chi connectivity index (χ3v) is 16.0. The highest BCUT2D eigenvalue weighted by Gasteiger charge is 2.45. The molecule has 9 aromatic rings. The summed E-state index contributed by atoms with van der Waals surface area (Å²) in [6.45, 7) is 5.54. The third kappa shape index (κ3) is 12.0. The zero-order chi connectivity index (χ0) is 58.0. The molecule has 0 radical (unpaired) electrons. The second-order valence-electron chi connectivity index (χ2n) is 21.5. The van der Waals surface area contributed by atoms with Crippen LogP contribution in [0, 0.1) is 11.7 Å². The van der Waals surface area contributed by atoms with E-state index in [1.165, 1.54) is 30.6 Å². The van der Waals surface area contributed by atoms with Gasteiger partial charge in [0.05, 0.1) is 39.9 Å². The lowest BCUT2D eigenvalue weighted by Gasteiger charge is -2.49. The van der Waals surface area contributed by atoms with Gasteiger partial charge in [-0.05, 0) is 143 Å². The number of nitrogens with zero attached hydrogens (tertiary/aromatic N) is 12. The van der Waals surface area contributed by atoms with Crippen molar-refractivity contribution in [3.05, 3.63) is 108 Å². The van der Waals surface area contributed by atoms with Crippen molar-refractivity contribution in [3.8, 4) is 34.2 Å². The van der Waals surface area contributed by atoms with Gasteiger partial charge in [0.25, 0.3) is 0 Å². The molecule has 0 amide bonds. The summed E-state index contributed by atoms with van der Waals surface area (Å²) in [7, 11) is 0. The first-order valence-corrected chi connectivity index (χ1v) is 27.7. The normalized spacial score (nSPS) is 20.2. The molecule has 1 saturated carbocycles. The second kappa shape index (κ2) is 23.7. The number of aliphatic hydroxyl groups excluding tert-OH is 2. The molecule has 19 nitrogen and oxygen atoms in total. The van der Waals surface area contributed by atoms with E-state index in [9.17, 15) is 46.1 Å². The molecule has 1 aliphatic carbocycles. The second-order valence-corrected chi connectivity index (χ2v) is 21.5. The lowest BCUT2D eigenvalue weighted by atomic mass is 9.73. The molecular weight excluding hydrogens is 1090 g/mol. The molecule has 13 rings (SSSR count). The number of aromatic amines is 3. The third-order valence-electron chi connectivity index (χ3n) is 16.0. The van der Waals surface area contributed by atoms with E-state index < -0.39 is 34.9 Å². The van der Waals surface area contributed by atoms with Crippen molar-refractivity contribution in [1.82, 2.24) is 65.8 Å². The minimum absolute atomic E-state index is 0.0162. The van der Waals surface area contributed by atoms with Crippen LogP contribution in [0.1, 0.15) is 75.8 Å². The fourth-order valence-electron chi connectivity index (χ4n) is 11.6. The van der Waals surface area contributed by atoms with E-state index in [1.54, 1.807) is 42.6 Å². The SMILES string of the molecule is CC1CN(c2ccc(F)c(-c3[nH]nc4ncccc34)n2)CC(C2(O)CCC2)N1.OCC1CCCN(c2ccc(C(F)(F)F)c(-c3[nH]nc4ncccc34)n2)C1.OCCC1CCCCN1c1ccc(C(F)(F)F)c(-c2[nH]nc3ncccc23)n1. The predicted octanol–water partition coefficient (Wildman–Crippen LogP) is 9.27. The summed E-state index contributed by atoms with van der Waals surface area (Å²) in [6, 6.07) is 18.6. The van der Waals surface area contributed by atoms with Gasteiger partial charge in [-0.25, -0.2) is 34.3 Å². The van der Waals surface area contributed by atoms with Gasteiger partial charge in [0.15, 0.2) is 22.8 Å². The molecule has 0 bridgehead atoms. The maximum absolute atomic E-state index is 14.6. The summed E-state index contributed by atoms with van der Waals surface area (Å²) in [6.07, 6.45) is 3.51. The minimum atomic E-state index is -4.55. The van der Waals surface area contributed by atoms with Gasteiger partial charge in [-0.2, -0.15) is 41.6 Å². The van der Waals surface area contributed by atoms with Crippen molar-refractivity contribution in [2.75, 3.05) is 60.6 Å². The number of aromatic nitrogens is 12. The van der Waals surface area contributed by atoms with Crippen molar-refractivity contribution in [3.63, 3.8) is 0 Å². The monoisotopic (exact) mass is 1150 g/mol. The summed E-state index contributed by atoms with van der Waals surface area (Å²) in [5.74, 6) is 1.33. The van der Waals surface area contributed by atoms with E-state index in [2.05, 4.69) is 77.6 Å². The molecule has 26 heteroatoms. The largest absolute Gasteiger partial charge is 0.418 e. The molecule has 83 heavy (non-hydrogen) atoms. The Morgan fingerprint density at radius 3 is 1.66 bits per heavy atom. The zero-order valence-electron chi connectivity index (χ0n) is 45.1. The number of piperidine rings is 2. The van der Waals surface area contributed by atoms with E-state index in [4.69, 9.17) is 0 Å². The van der Waals surface area contributed by atoms with Crippen LogP contribution in [0.4, 0.5) is 48.2 Å². The van der Waals surface area contributed by atoms with Crippen LogP contribution in [0.15, 0.2) is 91.4 Å². The number of hydrogen-bond acceptors (Lipinski definition) is 16. The summed E-state index contributed by atoms with van der Waals surface area (Å²) < 4.78 is 96.4. The number of rotatable bonds is 10. The highest BCUT2D eigenvalue weighted by atomic mass is 19.4. The van der Waals surface area contributed by atoms with Crippen molar-refractivity contribution in [2.45, 2.75) is 101 Å². The van der Waals surface area contributed by atoms with E-state index in [-0.39, 0.29) is 65.7 Å². The Morgan fingerprint density at radius 1 is 0.590 bits per heavy atom. The van der Waals surface area contributed by atoms with Crippen LogP contribution in [0.25, 0.3) is 67.3 Å². The Balaban J connectivity index is 0.000000130. The molecular formula is C57H61F7N16O3. The molecule has 436 valence electrons. The van der Waals surface area contributed by atoms with Crippen molar-refractivity contribution < 1.29 is 46.1 Å². The van der Waals surface area contributed by atoms with Gasteiger partial charge >= 0.3 is 12.4 Å². The number of alkyl halides is 6. The van der Waals surface area contributed by atoms with E-state index in [1.807, 2.05) is 15.9 Å². The number of H-pyrrole nitrogens is 3. The minimum Gasteiger partial charge on any atom is -0.396 e. The zero-order valence-corrected chi connectivity index (χ0v) is 45.1. The van der Waals surface area contributed by atoms with Crippen LogP contribution >= 0.6 is 0 Å². The molecule has 4 aliphatic rings. The first-order chi connectivity index (χ1) is 40.0. The molecule has 4 unspecified atom stereocenters. The Bertz CT molecular complexity index is 3700. The van der Waals surface area contributed by atoms with Gasteiger partial charge in [-0.3, -0.25) is 15.3 Å². The fraction of sp³-hybridized carbons (Fsp3) is 0.421. The standard InChI is InChI=1S/C20H23FN6O.C19H20F3N5O.C18H18F3N5O/c1-12-10-27(11-15(23-12)20(28)7-3-8-20)16-6-5-14(21)18(24-16)17-13-4-2-9-22-19(13)26-25-17;20-19(21,22)14-6-7-15(27-10-2-1-4-12(27)8-11-28)24-17(14)16-13-5-3-9-23-18(13)26-25-16;19-18(20,21)13-5-6-14(26-8-2-3-11(9-26)10-27)23-16(13)15-12-4-1-7-22-17(12)25-24-15/h2,4-6,9,12,15,23,28H,3,7-8,10-11H2,1H3,(H,22,25,26);3,5-7,9,12,28H,1-2,4,8,10-11H2,(H,23,25,26);1,4-7,11,27H,2-3,8-10H2,(H,22,24,25). The Hall–Kier alpha value is -7.94. The molecule has 0 spiro atoms. The molecule has 4 fully saturated rings. The first kappa shape index (κ1) is 56.9. The van der Waals surface area contributed by atoms with Crippen molar-refractivity contribution >= 4 is 50.6 Å². The number of aliphatic hydroxyl groups is 3. The highest BCUT2D eigenvalue weighted by Crippen LogP contribution is 2.42. The molecule has 0 aromatic carbocycles. The van der Waals surface area contributed by atoms with E-state index >= 15 is 0 Å². The number of fused-ring (bicyclic) bond motifs is 3. The Kier molecular flexibility index (Phi) is 16.3. The Morgan fingerprint density at radius 2 is 1.12 bits per heavy atom. The van der Waals surface area contributed by atoms with Gasteiger partial charge in [0, 0.05) is 92.8 Å². The summed E-state index contributed by atoms with van der Waals surface area (Å²) in [5, 5.41) is 55.2. The quantitative estimate of drug-likeness (QED) is 0.0631. The summed E-state index contributed by atoms with van der Waals surface area (Å²) in [4.78, 5) is 31.8. The first-order valence-electron chi connectivity index (χ1n) is 27.7. The summed E-state index contributed by atoms with van der Waals surface area (Å²) >= 11 is 0. The number of anilines is 3. The predicted molar refractivity (Wildman–Crippen MR) is 297 cm³/mol. The molecule has 3 aliphatic heterocycles. The molecule has 4 atom stereocenters. The number of pyridine rings is 6. The van der Waals surface area contributed by atoms with Crippen LogP contribution in [-0.4, -0.2) is 145 Å². The van der Waals surface area contributed by atoms with Gasteiger partial charge in [0.2, 0.25) is 0 Å². The van der Waals surface area contributed by atoms with Gasteiger partial charge in [-0.15, -0.1) is 0 Å². The van der Waals surface area contributed by atoms with E-state index in [0.29, 0.717) is 83.5 Å². The number of hydrogen-bond donors (Lipinski definition) is 7. The maximum Gasteiger partial charge on any atom is 0.418 e. The average Bonchev–Trinajstić information content (AvgIpc) is 4.45. The van der Waals surface area contributed by atoms with Crippen LogP contribution in [0.5, 0.6) is 0 Å². The summed E-state index contributed by atoms with van der Waals surface area (Å²) in [5.41, 5.74) is -0.296. The van der Waals surface area contributed by atoms with Crippen molar-refractivity contribution in [2.24, 2.45) is 5.92 Å². The Labute approximate surface area is 470 Å². The van der Waals surface area contributed by atoms with Crippen LogP contribution in [0.2, 0.25) is 0 Å². The lowest BCUT2D eigenvalue weighted by Crippen LogP contribution is -2.66. The highest BCUT2D eigenvalue weighted by molar-refractivity contribution is 5.92. The van der Waals surface area contributed by atoms with Gasteiger partial charge < -0.3 is 35.3 Å². The fourth-order valence-corrected chi connectivity index (χ4v) is 11.6. The smallest absolute Gasteiger partial charge is 0.396 e. The molecule has 9 aromatic heterocycles. The van der Waals surface area contributed by atoms with Gasteiger partial charge in [-0.1, -0.05) is 0 Å². The molecule has 12 heterocycles. The topological polar surface area (TPSA) is 246 Å². The molecule has 7 N–H and O–H groups in total. The number of piperazine rings is 1. The van der Waals surface area contributed by atoms with Gasteiger partial charge in [0.1, 0.15) is 34.5 Å². The lowest BCUT2D eigenvalue weighted by molar-refractivity contribution is -0.138. The van der Waals surface area contributed by atoms with E-state index in [0.717, 1.165) is 75.4 Å². The van der Waals surface area contributed by atoms with Crippen LogP contribution in [-0.2, 0) is 12.4 Å².